The van der Waals surface area contributed by atoms with Crippen molar-refractivity contribution in [3.8, 4) is 6.07 Å². The lowest BCUT2D eigenvalue weighted by Gasteiger charge is -2.14. The quantitative estimate of drug-likeness (QED) is 0.699. The smallest absolute Gasteiger partial charge is 0.274 e. The number of rotatable bonds is 4. The van der Waals surface area contributed by atoms with Crippen molar-refractivity contribution < 1.29 is 4.79 Å². The predicted octanol–water partition coefficient (Wildman–Crippen LogP) is 4.87. The molecule has 5 nitrogen and oxygen atoms in total. The van der Waals surface area contributed by atoms with Gasteiger partial charge in [0, 0.05) is 11.4 Å². The maximum atomic E-state index is 12.3. The van der Waals surface area contributed by atoms with Crippen LogP contribution in [0, 0.1) is 32.1 Å². The molecule has 5 heteroatoms. The Hall–Kier alpha value is -3.65. The van der Waals surface area contributed by atoms with Crippen LogP contribution in [0.15, 0.2) is 54.7 Å². The number of aromatic nitrogens is 1. The molecule has 0 saturated heterocycles. The van der Waals surface area contributed by atoms with E-state index in [4.69, 9.17) is 5.26 Å². The van der Waals surface area contributed by atoms with Crippen molar-refractivity contribution in [2.24, 2.45) is 0 Å². The SMILES string of the molecule is Cc1cc(C)c(Nc2ccc(C(=O)Nc3ccc(C#N)cc3)nc2)c(C)c1. The van der Waals surface area contributed by atoms with Crippen molar-refractivity contribution in [3.05, 3.63) is 82.7 Å². The molecule has 2 aromatic carbocycles. The molecule has 1 heterocycles. The van der Waals surface area contributed by atoms with Gasteiger partial charge in [-0.15, -0.1) is 0 Å². The second kappa shape index (κ2) is 7.71. The van der Waals surface area contributed by atoms with Crippen LogP contribution < -0.4 is 10.6 Å². The van der Waals surface area contributed by atoms with Gasteiger partial charge in [-0.3, -0.25) is 4.79 Å². The molecule has 0 radical (unpaired) electrons. The first-order valence-corrected chi connectivity index (χ1v) is 8.58. The highest BCUT2D eigenvalue weighted by Crippen LogP contribution is 2.25. The van der Waals surface area contributed by atoms with Gasteiger partial charge < -0.3 is 10.6 Å². The van der Waals surface area contributed by atoms with E-state index in [1.54, 1.807) is 36.5 Å². The number of hydrogen-bond donors (Lipinski definition) is 2. The lowest BCUT2D eigenvalue weighted by Crippen LogP contribution is -2.13. The van der Waals surface area contributed by atoms with Crippen LogP contribution in [0.5, 0.6) is 0 Å². The minimum absolute atomic E-state index is 0.297. The van der Waals surface area contributed by atoms with E-state index < -0.39 is 0 Å². The molecule has 134 valence electrons. The summed E-state index contributed by atoms with van der Waals surface area (Å²) in [4.78, 5) is 16.6. The minimum Gasteiger partial charge on any atom is -0.354 e. The maximum absolute atomic E-state index is 12.3. The Morgan fingerprint density at radius 3 is 2.15 bits per heavy atom. The number of benzene rings is 2. The largest absolute Gasteiger partial charge is 0.354 e. The Labute approximate surface area is 158 Å². The summed E-state index contributed by atoms with van der Waals surface area (Å²) in [7, 11) is 0. The van der Waals surface area contributed by atoms with Crippen LogP contribution in [-0.4, -0.2) is 10.9 Å². The average Bonchev–Trinajstić information content (AvgIpc) is 2.65. The number of nitrogens with one attached hydrogen (secondary N) is 2. The molecule has 3 rings (SSSR count). The summed E-state index contributed by atoms with van der Waals surface area (Å²) in [5, 5.41) is 15.0. The third-order valence-corrected chi connectivity index (χ3v) is 4.21. The van der Waals surface area contributed by atoms with Crippen molar-refractivity contribution in [2.75, 3.05) is 10.6 Å². The van der Waals surface area contributed by atoms with E-state index >= 15 is 0 Å². The van der Waals surface area contributed by atoms with Gasteiger partial charge in [0.2, 0.25) is 0 Å². The van der Waals surface area contributed by atoms with Crippen LogP contribution in [-0.2, 0) is 0 Å². The summed E-state index contributed by atoms with van der Waals surface area (Å²) in [5.41, 5.74) is 6.91. The summed E-state index contributed by atoms with van der Waals surface area (Å²) in [6.45, 7) is 6.21. The van der Waals surface area contributed by atoms with Crippen molar-refractivity contribution in [1.82, 2.24) is 4.98 Å². The average molecular weight is 356 g/mol. The number of carbonyl (C=O) groups is 1. The molecule has 0 aliphatic carbocycles. The number of amides is 1. The van der Waals surface area contributed by atoms with Crippen LogP contribution in [0.2, 0.25) is 0 Å². The zero-order valence-corrected chi connectivity index (χ0v) is 15.5. The fourth-order valence-electron chi connectivity index (χ4n) is 2.95. The molecule has 0 fully saturated rings. The normalized spacial score (nSPS) is 10.1. The van der Waals surface area contributed by atoms with E-state index in [2.05, 4.69) is 48.5 Å². The molecule has 0 unspecified atom stereocenters. The Bertz CT molecular complexity index is 993. The predicted molar refractivity (Wildman–Crippen MR) is 107 cm³/mol. The van der Waals surface area contributed by atoms with Gasteiger partial charge in [-0.25, -0.2) is 4.98 Å². The fraction of sp³-hybridized carbons (Fsp3) is 0.136. The number of nitrogens with zero attached hydrogens (tertiary/aromatic N) is 2. The topological polar surface area (TPSA) is 77.8 Å². The highest BCUT2D eigenvalue weighted by atomic mass is 16.1. The highest BCUT2D eigenvalue weighted by molar-refractivity contribution is 6.03. The van der Waals surface area contributed by atoms with Crippen LogP contribution in [0.3, 0.4) is 0 Å². The van der Waals surface area contributed by atoms with E-state index in [-0.39, 0.29) is 5.91 Å². The molecular weight excluding hydrogens is 336 g/mol. The number of anilines is 3. The zero-order chi connectivity index (χ0) is 19.4. The van der Waals surface area contributed by atoms with E-state index in [1.807, 2.05) is 12.1 Å². The van der Waals surface area contributed by atoms with Crippen LogP contribution in [0.25, 0.3) is 0 Å². The third-order valence-electron chi connectivity index (χ3n) is 4.21. The number of nitriles is 1. The first-order valence-electron chi connectivity index (χ1n) is 8.58. The first-order chi connectivity index (χ1) is 13.0. The van der Waals surface area contributed by atoms with Gasteiger partial charge >= 0.3 is 0 Å². The van der Waals surface area contributed by atoms with Crippen LogP contribution in [0.4, 0.5) is 17.1 Å². The summed E-state index contributed by atoms with van der Waals surface area (Å²) in [6.07, 6.45) is 1.65. The lowest BCUT2D eigenvalue weighted by molar-refractivity contribution is 0.102. The Balaban J connectivity index is 1.71. The number of carbonyl (C=O) groups excluding carboxylic acids is 1. The zero-order valence-electron chi connectivity index (χ0n) is 15.5. The summed E-state index contributed by atoms with van der Waals surface area (Å²) < 4.78 is 0. The van der Waals surface area contributed by atoms with E-state index in [1.165, 1.54) is 5.56 Å². The molecular formula is C22H20N4O. The van der Waals surface area contributed by atoms with Gasteiger partial charge in [0.1, 0.15) is 5.69 Å². The summed E-state index contributed by atoms with van der Waals surface area (Å²) in [5.74, 6) is -0.297. The minimum atomic E-state index is -0.297. The van der Waals surface area contributed by atoms with Crippen molar-refractivity contribution in [1.29, 1.82) is 5.26 Å². The molecule has 0 aliphatic rings. The number of aryl methyl sites for hydroxylation is 3. The Morgan fingerprint density at radius 1 is 0.963 bits per heavy atom. The van der Waals surface area contributed by atoms with Gasteiger partial charge in [-0.2, -0.15) is 5.26 Å². The number of hydrogen-bond acceptors (Lipinski definition) is 4. The molecule has 0 bridgehead atoms. The van der Waals surface area contributed by atoms with Gasteiger partial charge in [-0.05, 0) is 68.3 Å². The van der Waals surface area contributed by atoms with E-state index in [0.29, 0.717) is 16.9 Å². The summed E-state index contributed by atoms with van der Waals surface area (Å²) >= 11 is 0. The van der Waals surface area contributed by atoms with Gasteiger partial charge in [0.05, 0.1) is 23.5 Å². The van der Waals surface area contributed by atoms with E-state index in [0.717, 1.165) is 22.5 Å². The molecule has 0 aliphatic heterocycles. The molecule has 0 saturated carbocycles. The monoisotopic (exact) mass is 356 g/mol. The van der Waals surface area contributed by atoms with Crippen molar-refractivity contribution in [2.45, 2.75) is 20.8 Å². The van der Waals surface area contributed by atoms with Crippen LogP contribution in [0.1, 0.15) is 32.7 Å². The molecule has 3 aromatic rings. The second-order valence-corrected chi connectivity index (χ2v) is 6.47. The van der Waals surface area contributed by atoms with Gasteiger partial charge in [-0.1, -0.05) is 17.7 Å². The third kappa shape index (κ3) is 4.31. The van der Waals surface area contributed by atoms with Gasteiger partial charge in [0.15, 0.2) is 0 Å². The lowest BCUT2D eigenvalue weighted by atomic mass is 10.0. The first kappa shape index (κ1) is 18.2. The molecule has 1 amide bonds. The molecule has 0 spiro atoms. The van der Waals surface area contributed by atoms with Gasteiger partial charge in [0.25, 0.3) is 5.91 Å². The number of pyridine rings is 1. The Kier molecular flexibility index (Phi) is 5.18. The Morgan fingerprint density at radius 2 is 1.59 bits per heavy atom. The van der Waals surface area contributed by atoms with E-state index in [9.17, 15) is 4.79 Å². The molecule has 2 N–H and O–H groups in total. The molecule has 0 atom stereocenters. The summed E-state index contributed by atoms with van der Waals surface area (Å²) in [6, 6.07) is 16.5. The molecule has 27 heavy (non-hydrogen) atoms. The standard InChI is InChI=1S/C22H20N4O/c1-14-10-15(2)21(16(3)11-14)25-19-8-9-20(24-13-19)22(27)26-18-6-4-17(12-23)5-7-18/h4-11,13,25H,1-3H3,(H,26,27). The molecule has 1 aromatic heterocycles. The van der Waals surface area contributed by atoms with Crippen LogP contribution >= 0.6 is 0 Å². The van der Waals surface area contributed by atoms with Crippen molar-refractivity contribution >= 4 is 23.0 Å². The highest BCUT2D eigenvalue weighted by Gasteiger charge is 2.09. The maximum Gasteiger partial charge on any atom is 0.274 e. The fourth-order valence-corrected chi connectivity index (χ4v) is 2.95. The van der Waals surface area contributed by atoms with Crippen molar-refractivity contribution in [3.63, 3.8) is 0 Å². The second-order valence-electron chi connectivity index (χ2n) is 6.47.